The lowest BCUT2D eigenvalue weighted by atomic mass is 10.0. The minimum absolute atomic E-state index is 0.0599. The molecule has 8 nitrogen and oxygen atoms in total. The van der Waals surface area contributed by atoms with Crippen molar-refractivity contribution in [2.24, 2.45) is 0 Å². The van der Waals surface area contributed by atoms with Crippen LogP contribution in [0.15, 0.2) is 42.5 Å². The minimum Gasteiger partial charge on any atom is -0.381 e. The van der Waals surface area contributed by atoms with Crippen molar-refractivity contribution in [2.45, 2.75) is 81.5 Å². The predicted octanol–water partition coefficient (Wildman–Crippen LogP) is 4.33. The molecule has 4 rings (SSSR count). The van der Waals surface area contributed by atoms with E-state index in [9.17, 15) is 19.2 Å². The first-order valence-electron chi connectivity index (χ1n) is 14.5. The number of amides is 3. The van der Waals surface area contributed by atoms with E-state index < -0.39 is 0 Å². The van der Waals surface area contributed by atoms with Gasteiger partial charge in [-0.25, -0.2) is 4.79 Å². The molecule has 2 aliphatic heterocycles. The molecule has 2 aromatic rings. The standard InChI is InChI=1S/C31H41N3O5S/c35-25(9-3-4-12-28-30-27(21-40-28)33-31(38)34-30)11-6-17-39-18-15-29(37)32-16-5-10-26(36)20-22-13-14-23-7-1-2-8-24(23)19-22/h1-2,7-8,13-14,19,27-28,30H,3-6,9-12,15-18,20-21H2,(H,32,37)(H2,33,34,38). The quantitative estimate of drug-likeness (QED) is 0.183. The second kappa shape index (κ2) is 15.8. The molecule has 0 saturated carbocycles. The van der Waals surface area contributed by atoms with Crippen molar-refractivity contribution < 1.29 is 23.9 Å². The van der Waals surface area contributed by atoms with E-state index in [-0.39, 0.29) is 42.0 Å². The van der Waals surface area contributed by atoms with Crippen molar-refractivity contribution >= 4 is 46.0 Å². The van der Waals surface area contributed by atoms with Crippen molar-refractivity contribution in [1.29, 1.82) is 0 Å². The van der Waals surface area contributed by atoms with Gasteiger partial charge in [-0.1, -0.05) is 48.9 Å². The molecular formula is C31H41N3O5S. The number of hydrogen-bond donors (Lipinski definition) is 3. The number of Topliss-reactive ketones (excluding diaryl/α,β-unsaturated/α-hetero) is 2. The molecule has 3 N–H and O–H groups in total. The molecule has 3 atom stereocenters. The van der Waals surface area contributed by atoms with Gasteiger partial charge in [0.25, 0.3) is 0 Å². The van der Waals surface area contributed by atoms with Gasteiger partial charge in [0.05, 0.1) is 18.7 Å². The summed E-state index contributed by atoms with van der Waals surface area (Å²) in [6.45, 7) is 1.27. The normalized spacial score (nSPS) is 19.7. The summed E-state index contributed by atoms with van der Waals surface area (Å²) in [5.74, 6) is 1.30. The van der Waals surface area contributed by atoms with Crippen LogP contribution < -0.4 is 16.0 Å². The summed E-state index contributed by atoms with van der Waals surface area (Å²) >= 11 is 1.90. The first-order chi connectivity index (χ1) is 19.5. The third kappa shape index (κ3) is 9.63. The van der Waals surface area contributed by atoms with E-state index in [2.05, 4.69) is 28.1 Å². The maximum absolute atomic E-state index is 12.3. The van der Waals surface area contributed by atoms with Crippen LogP contribution in [0.1, 0.15) is 63.4 Å². The number of carbonyl (C=O) groups excluding carboxylic acids is 4. The third-order valence-electron chi connectivity index (χ3n) is 7.52. The van der Waals surface area contributed by atoms with Crippen LogP contribution in [0.4, 0.5) is 4.79 Å². The average Bonchev–Trinajstić information content (AvgIpc) is 3.50. The topological polar surface area (TPSA) is 114 Å². The highest BCUT2D eigenvalue weighted by molar-refractivity contribution is 8.00. The molecule has 0 aromatic heterocycles. The van der Waals surface area contributed by atoms with Crippen LogP contribution >= 0.6 is 11.8 Å². The Hall–Kier alpha value is -2.91. The molecule has 0 bridgehead atoms. The van der Waals surface area contributed by atoms with Crippen LogP contribution in [0.5, 0.6) is 0 Å². The Morgan fingerprint density at radius 1 is 0.875 bits per heavy atom. The van der Waals surface area contributed by atoms with Crippen molar-refractivity contribution in [2.75, 3.05) is 25.5 Å². The summed E-state index contributed by atoms with van der Waals surface area (Å²) in [5, 5.41) is 11.5. The van der Waals surface area contributed by atoms with E-state index in [1.54, 1.807) is 0 Å². The number of rotatable bonds is 18. The van der Waals surface area contributed by atoms with Crippen LogP contribution in [0.3, 0.4) is 0 Å². The summed E-state index contributed by atoms with van der Waals surface area (Å²) in [6.07, 6.45) is 6.39. The molecule has 40 heavy (non-hydrogen) atoms. The van der Waals surface area contributed by atoms with Crippen molar-refractivity contribution in [3.63, 3.8) is 0 Å². The summed E-state index contributed by atoms with van der Waals surface area (Å²) in [4.78, 5) is 47.9. The average molecular weight is 568 g/mol. The molecule has 9 heteroatoms. The lowest BCUT2D eigenvalue weighted by Crippen LogP contribution is -2.36. The molecule has 3 amide bonds. The first-order valence-corrected chi connectivity index (χ1v) is 15.6. The monoisotopic (exact) mass is 567 g/mol. The van der Waals surface area contributed by atoms with E-state index in [1.165, 1.54) is 0 Å². The van der Waals surface area contributed by atoms with E-state index in [0.29, 0.717) is 63.5 Å². The van der Waals surface area contributed by atoms with Gasteiger partial charge in [-0.15, -0.1) is 0 Å². The zero-order valence-electron chi connectivity index (χ0n) is 23.1. The molecule has 2 fully saturated rings. The zero-order chi connectivity index (χ0) is 28.2. The molecule has 2 saturated heterocycles. The van der Waals surface area contributed by atoms with Crippen molar-refractivity contribution in [1.82, 2.24) is 16.0 Å². The van der Waals surface area contributed by atoms with Gasteiger partial charge in [0.1, 0.15) is 11.6 Å². The number of fused-ring (bicyclic) bond motifs is 2. The number of hydrogen-bond acceptors (Lipinski definition) is 6. The minimum atomic E-state index is -0.0854. The van der Waals surface area contributed by atoms with E-state index in [1.807, 2.05) is 42.1 Å². The van der Waals surface area contributed by atoms with Crippen LogP contribution in [-0.4, -0.2) is 66.3 Å². The number of carbonyl (C=O) groups is 4. The Kier molecular flexibility index (Phi) is 11.8. The van der Waals surface area contributed by atoms with Crippen LogP contribution in [0, 0.1) is 0 Å². The van der Waals surface area contributed by atoms with Gasteiger partial charge in [-0.05, 0) is 42.0 Å². The molecule has 0 radical (unpaired) electrons. The lowest BCUT2D eigenvalue weighted by Gasteiger charge is -2.16. The van der Waals surface area contributed by atoms with Gasteiger partial charge in [0, 0.05) is 56.3 Å². The number of thioether (sulfide) groups is 1. The van der Waals surface area contributed by atoms with E-state index in [4.69, 9.17) is 4.74 Å². The number of ether oxygens (including phenoxy) is 1. The first kappa shape index (κ1) is 30.1. The SMILES string of the molecule is O=C(CCCCC1SCC2NC(=O)NC21)CCCOCCC(=O)NCCCC(=O)Cc1ccc2ccccc2c1. The smallest absolute Gasteiger partial charge is 0.315 e. The fraction of sp³-hybridized carbons (Fsp3) is 0.548. The number of ketones is 2. The molecule has 0 spiro atoms. The Morgan fingerprint density at radius 3 is 2.55 bits per heavy atom. The maximum atomic E-state index is 12.3. The fourth-order valence-corrected chi connectivity index (χ4v) is 6.88. The highest BCUT2D eigenvalue weighted by atomic mass is 32.2. The second-order valence-electron chi connectivity index (χ2n) is 10.7. The van der Waals surface area contributed by atoms with Crippen LogP contribution in [0.2, 0.25) is 0 Å². The number of benzene rings is 2. The van der Waals surface area contributed by atoms with Crippen LogP contribution in [0.25, 0.3) is 10.8 Å². The van der Waals surface area contributed by atoms with Gasteiger partial charge in [-0.2, -0.15) is 11.8 Å². The summed E-state index contributed by atoms with van der Waals surface area (Å²) in [6, 6.07) is 14.6. The fourth-order valence-electron chi connectivity index (χ4n) is 5.34. The second-order valence-corrected chi connectivity index (χ2v) is 12.0. The van der Waals surface area contributed by atoms with E-state index >= 15 is 0 Å². The van der Waals surface area contributed by atoms with Crippen LogP contribution in [-0.2, 0) is 25.5 Å². The molecule has 2 aromatic carbocycles. The molecule has 2 heterocycles. The van der Waals surface area contributed by atoms with Crippen molar-refractivity contribution in [3.8, 4) is 0 Å². The summed E-state index contributed by atoms with van der Waals surface area (Å²) in [5.41, 5.74) is 1.02. The van der Waals surface area contributed by atoms with Gasteiger partial charge < -0.3 is 20.7 Å². The number of unbranched alkanes of at least 4 members (excludes halogenated alkanes) is 1. The zero-order valence-corrected chi connectivity index (χ0v) is 23.9. The molecule has 2 aliphatic rings. The van der Waals surface area contributed by atoms with Gasteiger partial charge in [0.2, 0.25) is 5.91 Å². The molecule has 0 aliphatic carbocycles. The Morgan fingerprint density at radius 2 is 1.68 bits per heavy atom. The highest BCUT2D eigenvalue weighted by Gasteiger charge is 2.42. The number of urea groups is 1. The molecular weight excluding hydrogens is 526 g/mol. The van der Waals surface area contributed by atoms with Crippen molar-refractivity contribution in [3.05, 3.63) is 48.0 Å². The Bertz CT molecular complexity index is 1170. The predicted molar refractivity (Wildman–Crippen MR) is 159 cm³/mol. The Balaban J connectivity index is 0.940. The highest BCUT2D eigenvalue weighted by Crippen LogP contribution is 2.33. The molecule has 216 valence electrons. The Labute approximate surface area is 240 Å². The summed E-state index contributed by atoms with van der Waals surface area (Å²) in [7, 11) is 0. The van der Waals surface area contributed by atoms with E-state index in [0.717, 1.165) is 41.4 Å². The molecule has 3 unspecified atom stereocenters. The number of nitrogens with one attached hydrogen (secondary N) is 3. The largest absolute Gasteiger partial charge is 0.381 e. The van der Waals surface area contributed by atoms with Gasteiger partial charge >= 0.3 is 6.03 Å². The maximum Gasteiger partial charge on any atom is 0.315 e. The van der Waals surface area contributed by atoms with Gasteiger partial charge in [-0.3, -0.25) is 14.4 Å². The summed E-state index contributed by atoms with van der Waals surface area (Å²) < 4.78 is 5.53. The lowest BCUT2D eigenvalue weighted by molar-refractivity contribution is -0.123. The third-order valence-corrected chi connectivity index (χ3v) is 9.03. The van der Waals surface area contributed by atoms with Gasteiger partial charge in [0.15, 0.2) is 0 Å².